The molecule has 1 aliphatic heterocycles. The molecular weight excluding hydrogens is 340 g/mol. The van der Waals surface area contributed by atoms with E-state index in [2.05, 4.69) is 19.7 Å². The third kappa shape index (κ3) is 4.86. The fourth-order valence-corrected chi connectivity index (χ4v) is 3.10. The molecule has 1 amide bonds. The predicted molar refractivity (Wildman–Crippen MR) is 81.2 cm³/mol. The Hall–Kier alpha value is -2.26. The van der Waals surface area contributed by atoms with Gasteiger partial charge in [-0.1, -0.05) is 11.6 Å². The first-order valence-corrected chi connectivity index (χ1v) is 8.03. The number of amides is 1. The molecule has 0 fully saturated rings. The average molecular weight is 361 g/mol. The molecule has 0 aliphatic carbocycles. The Balaban J connectivity index is 2.16. The summed E-state index contributed by atoms with van der Waals surface area (Å²) in [5, 5.41) is 5.81. The van der Waals surface area contributed by atoms with Crippen molar-refractivity contribution in [3.05, 3.63) is 16.4 Å². The van der Waals surface area contributed by atoms with E-state index in [-0.39, 0.29) is 0 Å². The number of carbonyl (C=O) groups excluding carboxylic acids is 2. The van der Waals surface area contributed by atoms with Gasteiger partial charge >= 0.3 is 11.7 Å². The van der Waals surface area contributed by atoms with Gasteiger partial charge in [-0.05, 0) is 12.8 Å². The fourth-order valence-electron chi connectivity index (χ4n) is 3.10. The second-order valence-corrected chi connectivity index (χ2v) is 6.17. The Bertz CT molecular complexity index is 685. The van der Waals surface area contributed by atoms with E-state index in [0.717, 1.165) is 20.5 Å². The number of alkyl halides is 2. The van der Waals surface area contributed by atoms with Crippen LogP contribution in [0.1, 0.15) is 50.9 Å². The van der Waals surface area contributed by atoms with Crippen molar-refractivity contribution in [2.24, 2.45) is 0 Å². The first kappa shape index (κ1) is 19.1. The van der Waals surface area contributed by atoms with Crippen molar-refractivity contribution < 1.29 is 27.6 Å². The summed E-state index contributed by atoms with van der Waals surface area (Å²) in [5.41, 5.74) is 0. The Kier molecular flexibility index (Phi) is 5.91. The summed E-state index contributed by atoms with van der Waals surface area (Å²) >= 11 is 0. The number of rotatable bonds is 6. The maximum atomic E-state index is 14.5. The molecule has 0 aromatic carbocycles. The third-order valence-electron chi connectivity index (χ3n) is 4.16. The van der Waals surface area contributed by atoms with E-state index in [1.165, 1.54) is 4.57 Å². The molecule has 0 bridgehead atoms. The maximum absolute atomic E-state index is 14.5. The first-order chi connectivity index (χ1) is 11.7. The minimum Gasteiger partial charge on any atom is -0.467 e. The summed E-state index contributed by atoms with van der Waals surface area (Å²) in [5.74, 6) is -5.26. The van der Waals surface area contributed by atoms with Crippen molar-refractivity contribution in [1.82, 2.24) is 15.0 Å². The van der Waals surface area contributed by atoms with Gasteiger partial charge in [0.1, 0.15) is 6.04 Å². The van der Waals surface area contributed by atoms with Crippen LogP contribution in [-0.4, -0.2) is 40.7 Å². The van der Waals surface area contributed by atoms with Crippen LogP contribution < -0.4 is 11.1 Å². The SMILES string of the molecule is COC(=O)C(CC(F)(F)CC1CCCCc2noc(=O)n21)NC(C)=O. The largest absolute Gasteiger partial charge is 0.467 e. The Labute approximate surface area is 142 Å². The summed E-state index contributed by atoms with van der Waals surface area (Å²) in [7, 11) is 1.06. The molecule has 2 atom stereocenters. The Morgan fingerprint density at radius 1 is 1.48 bits per heavy atom. The lowest BCUT2D eigenvalue weighted by Crippen LogP contribution is -2.44. The van der Waals surface area contributed by atoms with Crippen molar-refractivity contribution in [3.63, 3.8) is 0 Å². The first-order valence-electron chi connectivity index (χ1n) is 8.03. The van der Waals surface area contributed by atoms with Gasteiger partial charge in [-0.3, -0.25) is 13.9 Å². The second-order valence-electron chi connectivity index (χ2n) is 6.17. The van der Waals surface area contributed by atoms with E-state index in [0.29, 0.717) is 25.1 Å². The minimum atomic E-state index is -3.30. The molecule has 8 nitrogen and oxygen atoms in total. The fraction of sp³-hybridized carbons (Fsp3) is 0.733. The summed E-state index contributed by atoms with van der Waals surface area (Å²) in [6, 6.07) is -2.23. The van der Waals surface area contributed by atoms with E-state index in [1.54, 1.807) is 0 Å². The molecular formula is C15H21F2N3O5. The van der Waals surface area contributed by atoms with Crippen molar-refractivity contribution in [2.75, 3.05) is 7.11 Å². The van der Waals surface area contributed by atoms with E-state index < -0.39 is 48.5 Å². The number of ether oxygens (including phenoxy) is 1. The van der Waals surface area contributed by atoms with E-state index in [1.807, 2.05) is 0 Å². The highest BCUT2D eigenvalue weighted by atomic mass is 19.3. The Morgan fingerprint density at radius 2 is 2.20 bits per heavy atom. The molecule has 1 aromatic heterocycles. The van der Waals surface area contributed by atoms with Crippen molar-refractivity contribution >= 4 is 11.9 Å². The number of methoxy groups -OCH3 is 1. The topological polar surface area (TPSA) is 103 Å². The number of nitrogens with one attached hydrogen (secondary N) is 1. The van der Waals surface area contributed by atoms with Crippen molar-refractivity contribution in [2.45, 2.75) is 63.5 Å². The van der Waals surface area contributed by atoms with Crippen LogP contribution >= 0.6 is 0 Å². The number of hydrogen-bond donors (Lipinski definition) is 1. The Morgan fingerprint density at radius 3 is 2.84 bits per heavy atom. The normalized spacial score (nSPS) is 18.8. The molecule has 2 heterocycles. The third-order valence-corrected chi connectivity index (χ3v) is 4.16. The highest BCUT2D eigenvalue weighted by Crippen LogP contribution is 2.35. The van der Waals surface area contributed by atoms with Gasteiger partial charge in [0.05, 0.1) is 7.11 Å². The zero-order valence-corrected chi connectivity index (χ0v) is 14.1. The van der Waals surface area contributed by atoms with Crippen LogP contribution in [0.3, 0.4) is 0 Å². The van der Waals surface area contributed by atoms with Gasteiger partial charge in [0, 0.05) is 32.2 Å². The molecule has 10 heteroatoms. The van der Waals surface area contributed by atoms with Gasteiger partial charge in [-0.25, -0.2) is 18.4 Å². The number of esters is 1. The average Bonchev–Trinajstić information content (AvgIpc) is 2.76. The molecule has 140 valence electrons. The standard InChI is InChI=1S/C15H21F2N3O5/c1-9(21)18-11(13(22)24-2)8-15(16,17)7-10-5-3-4-6-12-19-25-14(23)20(10)12/h10-11H,3-8H2,1-2H3,(H,18,21). The molecule has 25 heavy (non-hydrogen) atoms. The molecule has 0 spiro atoms. The van der Waals surface area contributed by atoms with Crippen LogP contribution in [-0.2, 0) is 20.7 Å². The lowest BCUT2D eigenvalue weighted by atomic mass is 9.98. The molecule has 0 radical (unpaired) electrons. The quantitative estimate of drug-likeness (QED) is 0.764. The summed E-state index contributed by atoms with van der Waals surface area (Å²) < 4.78 is 39.3. The van der Waals surface area contributed by atoms with E-state index in [9.17, 15) is 23.2 Å². The summed E-state index contributed by atoms with van der Waals surface area (Å²) in [6.07, 6.45) is 0.705. The van der Waals surface area contributed by atoms with Crippen LogP contribution in [0.4, 0.5) is 8.78 Å². The lowest BCUT2D eigenvalue weighted by molar-refractivity contribution is -0.148. The monoisotopic (exact) mass is 361 g/mol. The molecule has 0 saturated heterocycles. The molecule has 1 N–H and O–H groups in total. The van der Waals surface area contributed by atoms with Gasteiger partial charge in [0.15, 0.2) is 5.82 Å². The van der Waals surface area contributed by atoms with Crippen LogP contribution in [0, 0.1) is 0 Å². The smallest absolute Gasteiger partial charge is 0.441 e. The zero-order chi connectivity index (χ0) is 18.6. The van der Waals surface area contributed by atoms with Gasteiger partial charge in [-0.15, -0.1) is 0 Å². The number of halogens is 2. The second kappa shape index (κ2) is 7.75. The zero-order valence-electron chi connectivity index (χ0n) is 14.1. The summed E-state index contributed by atoms with van der Waals surface area (Å²) in [6.45, 7) is 1.13. The molecule has 2 unspecified atom stereocenters. The summed E-state index contributed by atoms with van der Waals surface area (Å²) in [4.78, 5) is 34.6. The molecule has 1 aromatic rings. The van der Waals surface area contributed by atoms with E-state index in [4.69, 9.17) is 0 Å². The van der Waals surface area contributed by atoms with E-state index >= 15 is 0 Å². The number of aromatic nitrogens is 2. The molecule has 0 saturated carbocycles. The van der Waals surface area contributed by atoms with Gasteiger partial charge in [-0.2, -0.15) is 0 Å². The maximum Gasteiger partial charge on any atom is 0.441 e. The lowest BCUT2D eigenvalue weighted by Gasteiger charge is -2.26. The van der Waals surface area contributed by atoms with Crippen molar-refractivity contribution in [3.8, 4) is 0 Å². The molecule has 1 aliphatic rings. The van der Waals surface area contributed by atoms with Crippen molar-refractivity contribution in [1.29, 1.82) is 0 Å². The highest BCUT2D eigenvalue weighted by Gasteiger charge is 2.40. The highest BCUT2D eigenvalue weighted by molar-refractivity contribution is 5.83. The minimum absolute atomic E-state index is 0.356. The van der Waals surface area contributed by atoms with Crippen LogP contribution in [0.15, 0.2) is 9.32 Å². The van der Waals surface area contributed by atoms with Gasteiger partial charge in [0.25, 0.3) is 5.92 Å². The predicted octanol–water partition coefficient (Wildman–Crippen LogP) is 1.20. The van der Waals surface area contributed by atoms with Gasteiger partial charge in [0.2, 0.25) is 5.91 Å². The van der Waals surface area contributed by atoms with Crippen LogP contribution in [0.2, 0.25) is 0 Å². The van der Waals surface area contributed by atoms with Crippen LogP contribution in [0.25, 0.3) is 0 Å². The number of nitrogens with zero attached hydrogens (tertiary/aromatic N) is 2. The number of aryl methyl sites for hydroxylation is 1. The van der Waals surface area contributed by atoms with Gasteiger partial charge < -0.3 is 10.1 Å². The number of hydrogen-bond acceptors (Lipinski definition) is 6. The number of fused-ring (bicyclic) bond motifs is 1. The van der Waals surface area contributed by atoms with Crippen LogP contribution in [0.5, 0.6) is 0 Å². The number of carbonyl (C=O) groups is 2. The molecule has 2 rings (SSSR count).